The first-order valence-electron chi connectivity index (χ1n) is 34.1. The van der Waals surface area contributed by atoms with Crippen LogP contribution in [0.2, 0.25) is 22.2 Å². The Labute approximate surface area is 571 Å². The zero-order valence-corrected chi connectivity index (χ0v) is 64.5. The molecule has 0 aliphatic heterocycles. The number of halogens is 2. The quantitative estimate of drug-likeness (QED) is 0.0937. The van der Waals surface area contributed by atoms with Gasteiger partial charge in [0.15, 0.2) is 0 Å². The van der Waals surface area contributed by atoms with Gasteiger partial charge in [-0.2, -0.15) is 70.8 Å². The molecule has 0 aromatic heterocycles. The monoisotopic (exact) mass is 1380 g/mol. The van der Waals surface area contributed by atoms with E-state index in [1.165, 1.54) is 140 Å². The topological polar surface area (TPSA) is 0 Å². The van der Waals surface area contributed by atoms with E-state index in [2.05, 4.69) is 180 Å². The summed E-state index contributed by atoms with van der Waals surface area (Å²) in [6, 6.07) is 30.1. The molecule has 12 rings (SSSR count). The molecule has 4 fully saturated rings. The Morgan fingerprint density at radius 1 is 0.360 bits per heavy atom. The van der Waals surface area contributed by atoms with Crippen LogP contribution in [0.3, 0.4) is 0 Å². The van der Waals surface area contributed by atoms with Crippen molar-refractivity contribution in [1.82, 2.24) is 0 Å². The van der Waals surface area contributed by atoms with Crippen molar-refractivity contribution in [2.75, 3.05) is 0 Å². The Bertz CT molecular complexity index is 2460. The van der Waals surface area contributed by atoms with Crippen molar-refractivity contribution in [3.63, 3.8) is 0 Å². The van der Waals surface area contributed by atoms with Crippen LogP contribution in [0.1, 0.15) is 295 Å². The second-order valence-electron chi connectivity index (χ2n) is 30.3. The first kappa shape index (κ1) is 75.3. The summed E-state index contributed by atoms with van der Waals surface area (Å²) in [5, 5.41) is 0. The Balaban J connectivity index is 0.000000198. The fourth-order valence-corrected chi connectivity index (χ4v) is 27.6. The van der Waals surface area contributed by atoms with Crippen LogP contribution in [0.25, 0.3) is 22.3 Å². The maximum absolute atomic E-state index is 3.53. The predicted molar refractivity (Wildman–Crippen MR) is 362 cm³/mol. The van der Waals surface area contributed by atoms with E-state index in [4.69, 9.17) is 0 Å². The molecular weight excluding hydrogens is 1270 g/mol. The van der Waals surface area contributed by atoms with Crippen molar-refractivity contribution < 1.29 is 71.5 Å². The molecule has 6 heteroatoms. The molecule has 0 spiro atoms. The molecule has 8 aliphatic carbocycles. The van der Waals surface area contributed by atoms with Crippen LogP contribution in [0, 0.1) is 24.3 Å². The number of fused-ring (bicyclic) bond motifs is 6. The van der Waals surface area contributed by atoms with Gasteiger partial charge in [0.1, 0.15) is 0 Å². The van der Waals surface area contributed by atoms with Gasteiger partial charge in [-0.1, -0.05) is 153 Å². The molecule has 86 heavy (non-hydrogen) atoms. The molecule has 4 aromatic carbocycles. The molecule has 0 radical (unpaired) electrons. The first-order valence-corrected chi connectivity index (χ1v) is 44.7. The Morgan fingerprint density at radius 3 is 0.849 bits per heavy atom. The summed E-state index contributed by atoms with van der Waals surface area (Å²) in [7, 11) is 0. The summed E-state index contributed by atoms with van der Waals surface area (Å²) in [6.07, 6.45) is 59.6. The zero-order valence-electron chi connectivity index (χ0n) is 56.1. The van der Waals surface area contributed by atoms with E-state index in [9.17, 15) is 0 Å². The van der Waals surface area contributed by atoms with E-state index in [1.54, 1.807) is 103 Å². The number of hydrogen-bond donors (Lipinski definition) is 0. The van der Waals surface area contributed by atoms with Gasteiger partial charge < -0.3 is 24.8 Å². The van der Waals surface area contributed by atoms with E-state index in [-0.39, 0.29) is 57.3 Å². The predicted octanol–water partition coefficient (Wildman–Crippen LogP) is 17.9. The second kappa shape index (κ2) is 36.8. The van der Waals surface area contributed by atoms with Crippen LogP contribution in [0.4, 0.5) is 0 Å². The summed E-state index contributed by atoms with van der Waals surface area (Å²) in [5.41, 5.74) is 22.5. The molecule has 8 aliphatic rings. The molecule has 4 saturated carbocycles. The molecular formula is C80H112Cl2Si2Zr2-2. The molecule has 0 heterocycles. The van der Waals surface area contributed by atoms with Crippen LogP contribution in [0.15, 0.2) is 97.1 Å². The van der Waals surface area contributed by atoms with Gasteiger partial charge in [-0.05, 0) is 34.8 Å². The zero-order chi connectivity index (χ0) is 60.3. The van der Waals surface area contributed by atoms with Gasteiger partial charge in [-0.3, -0.25) is 12.2 Å². The molecule has 0 amide bonds. The van der Waals surface area contributed by atoms with Crippen molar-refractivity contribution in [1.29, 1.82) is 0 Å². The van der Waals surface area contributed by atoms with Gasteiger partial charge in [0.2, 0.25) is 0 Å². The maximum atomic E-state index is 3.53. The molecule has 0 saturated heterocycles. The summed E-state index contributed by atoms with van der Waals surface area (Å²) < 4.78 is 0. The molecule has 0 bridgehead atoms. The van der Waals surface area contributed by atoms with Crippen molar-refractivity contribution in [3.8, 4) is 22.3 Å². The summed E-state index contributed by atoms with van der Waals surface area (Å²) in [4.78, 5) is 0. The molecule has 0 nitrogen and oxygen atoms in total. The van der Waals surface area contributed by atoms with Gasteiger partial charge in [0, 0.05) is 0 Å². The van der Waals surface area contributed by atoms with Gasteiger partial charge >= 0.3 is 234 Å². The Kier molecular flexibility index (Phi) is 32.2. The Hall–Kier alpha value is -1.38. The first-order chi connectivity index (χ1) is 40.1. The average Bonchev–Trinajstić information content (AvgIpc) is 2.63. The van der Waals surface area contributed by atoms with Gasteiger partial charge in [-0.25, -0.2) is 24.3 Å². The minimum absolute atomic E-state index is 0. The summed E-state index contributed by atoms with van der Waals surface area (Å²) >= 11 is 3.92. The summed E-state index contributed by atoms with van der Waals surface area (Å²) in [6.45, 7) is 27.3. The minimum atomic E-state index is 0. The fourth-order valence-electron chi connectivity index (χ4n) is 13.7. The number of rotatable bonds is 4. The molecule has 0 N–H and O–H groups in total. The van der Waals surface area contributed by atoms with E-state index in [0.717, 1.165) is 25.7 Å². The third-order valence-corrected chi connectivity index (χ3v) is 37.3. The van der Waals surface area contributed by atoms with Crippen molar-refractivity contribution >= 4 is 10.9 Å². The van der Waals surface area contributed by atoms with E-state index >= 15 is 0 Å². The summed E-state index contributed by atoms with van der Waals surface area (Å²) in [5.74, 6) is 0. The SMILES string of the molecule is CC(C)(C)c1c[c-]c2c(c1)-c1cc(C(C)(C)C)ccc1C2.CC(C)(C)c1c[c-]c2c(c1)-c1cc(C(C)(C)C)ccc1C2.[C-]1=CC=CC1.[C-]1=CC=CC1.[Cl-].[Cl-].[Zr+2]=[Si](C1CCCCCC1)C1CCCCCC1.[Zr+2]=[Si](C1CCCCCC1)C1CCCCCC1. The standard InChI is InChI=1S/2C21H25.2C14H26Si.2C5H5.2ClH.2Zr/c2*1-20(2,3)16-9-7-14-11-15-8-10-17(21(4,5)6)13-19(15)18(14)12-16;2*1-2-6-10-13(9-5-1)15-14-11-7-3-4-8-12-14;2*1-2-4-5-3-1;;;;/h2*7,9-10,12-13H,11H2,1-6H3;2*13-14H,1-12H2;2*1-3H,4H2;2*1H;;/q2*-1;;;2*-1;;;2*+2/p-2. The number of benzene rings is 4. The van der Waals surface area contributed by atoms with Crippen LogP contribution < -0.4 is 24.8 Å². The van der Waals surface area contributed by atoms with Gasteiger partial charge in [0.05, 0.1) is 0 Å². The fraction of sp³-hybridized carbons (Fsp3) is 0.600. The molecule has 0 atom stereocenters. The molecule has 4 aromatic rings. The van der Waals surface area contributed by atoms with E-state index in [1.807, 2.05) is 71.0 Å². The van der Waals surface area contributed by atoms with Gasteiger partial charge in [-0.15, -0.1) is 24.0 Å². The third-order valence-electron chi connectivity index (χ3n) is 19.4. The van der Waals surface area contributed by atoms with Crippen LogP contribution in [-0.4, -0.2) is 10.9 Å². The number of hydrogen-bond acceptors (Lipinski definition) is 0. The van der Waals surface area contributed by atoms with Crippen LogP contribution in [0.5, 0.6) is 0 Å². The van der Waals surface area contributed by atoms with Crippen molar-refractivity contribution in [2.24, 2.45) is 0 Å². The second-order valence-corrected chi connectivity index (χ2v) is 43.9. The van der Waals surface area contributed by atoms with E-state index in [0.29, 0.717) is 0 Å². The number of allylic oxidation sites excluding steroid dienone is 8. The van der Waals surface area contributed by atoms with Gasteiger partial charge in [0.25, 0.3) is 0 Å². The normalized spacial score (nSPS) is 18.6. The molecule has 0 unspecified atom stereocenters. The van der Waals surface area contributed by atoms with Crippen LogP contribution in [-0.2, 0) is 81.2 Å². The van der Waals surface area contributed by atoms with Crippen LogP contribution >= 0.6 is 0 Å². The van der Waals surface area contributed by atoms with Crippen molar-refractivity contribution in [3.05, 3.63) is 166 Å². The van der Waals surface area contributed by atoms with E-state index < -0.39 is 0 Å². The molecule has 464 valence electrons. The Morgan fingerprint density at radius 2 is 0.628 bits per heavy atom. The average molecular weight is 1380 g/mol. The van der Waals surface area contributed by atoms with Crippen molar-refractivity contribution in [2.45, 2.75) is 307 Å². The third kappa shape index (κ3) is 23.6.